The largest absolute Gasteiger partial charge is 0.493 e. The molecule has 0 unspecified atom stereocenters. The number of nitrogens with zero attached hydrogens (tertiary/aromatic N) is 2. The molecule has 2 aromatic rings. The van der Waals surface area contributed by atoms with Gasteiger partial charge in [0.15, 0.2) is 5.82 Å². The molecule has 0 bridgehead atoms. The summed E-state index contributed by atoms with van der Waals surface area (Å²) in [5.41, 5.74) is 1.05. The third-order valence-corrected chi connectivity index (χ3v) is 4.21. The van der Waals surface area contributed by atoms with Crippen molar-refractivity contribution in [2.45, 2.75) is 32.8 Å². The Hall–Kier alpha value is -2.54. The molecule has 2 N–H and O–H groups in total. The zero-order valence-electron chi connectivity index (χ0n) is 15.6. The van der Waals surface area contributed by atoms with Gasteiger partial charge in [0.05, 0.1) is 6.61 Å². The Morgan fingerprint density at radius 2 is 2.27 bits per heavy atom. The molecular formula is C19H25N3O4. The highest BCUT2D eigenvalue weighted by molar-refractivity contribution is 6.04. The maximum atomic E-state index is 12.6. The summed E-state index contributed by atoms with van der Waals surface area (Å²) in [4.78, 5) is 12.6. The minimum atomic E-state index is -0.348. The second-order valence-electron chi connectivity index (χ2n) is 7.42. The topological polar surface area (TPSA) is 85.6 Å². The van der Waals surface area contributed by atoms with E-state index in [0.717, 1.165) is 5.56 Å². The molecule has 1 aliphatic heterocycles. The minimum Gasteiger partial charge on any atom is -0.493 e. The van der Waals surface area contributed by atoms with Crippen molar-refractivity contribution in [3.63, 3.8) is 0 Å². The van der Waals surface area contributed by atoms with Crippen LogP contribution in [0.2, 0.25) is 0 Å². The van der Waals surface area contributed by atoms with Gasteiger partial charge in [-0.25, -0.2) is 0 Å². The highest BCUT2D eigenvalue weighted by Gasteiger charge is 2.33. The number of aliphatic hydroxyl groups is 1. The van der Waals surface area contributed by atoms with E-state index in [1.165, 1.54) is 0 Å². The number of carbonyl (C=O) groups is 1. The van der Waals surface area contributed by atoms with Gasteiger partial charge in [0, 0.05) is 49.4 Å². The number of hydrogen-bond donors (Lipinski definition) is 2. The molecule has 7 heteroatoms. The molecule has 0 spiro atoms. The zero-order valence-corrected chi connectivity index (χ0v) is 15.6. The quantitative estimate of drug-likeness (QED) is 0.827. The van der Waals surface area contributed by atoms with Crippen LogP contribution in [0.5, 0.6) is 11.5 Å². The van der Waals surface area contributed by atoms with Crippen molar-refractivity contribution in [2.24, 2.45) is 13.0 Å². The van der Waals surface area contributed by atoms with Crippen LogP contribution < -0.4 is 14.8 Å². The van der Waals surface area contributed by atoms with Crippen LogP contribution in [-0.4, -0.2) is 39.6 Å². The standard InChI is InChI=1S/C19H25N3O4/c1-12(10-23)11-25-15-7-13(8-16-14(15)9-19(2,3)26-16)18(24)20-17-5-6-22(4)21-17/h5-8,12,23H,9-11H2,1-4H3,(H,20,21,24)/t12-/m0/s1. The summed E-state index contributed by atoms with van der Waals surface area (Å²) in [5, 5.41) is 16.2. The van der Waals surface area contributed by atoms with Crippen molar-refractivity contribution >= 4 is 11.7 Å². The molecule has 1 amide bonds. The van der Waals surface area contributed by atoms with Crippen LogP contribution in [0.1, 0.15) is 36.7 Å². The Bertz CT molecular complexity index is 813. The summed E-state index contributed by atoms with van der Waals surface area (Å²) in [6, 6.07) is 5.20. The molecule has 2 heterocycles. The van der Waals surface area contributed by atoms with Gasteiger partial charge in [-0.2, -0.15) is 5.10 Å². The smallest absolute Gasteiger partial charge is 0.257 e. The van der Waals surface area contributed by atoms with Crippen molar-refractivity contribution in [1.29, 1.82) is 0 Å². The first-order valence-electron chi connectivity index (χ1n) is 8.68. The van der Waals surface area contributed by atoms with Gasteiger partial charge in [0.1, 0.15) is 17.1 Å². The molecule has 140 valence electrons. The molecule has 0 saturated heterocycles. The summed E-state index contributed by atoms with van der Waals surface area (Å²) < 4.78 is 13.5. The molecule has 1 aliphatic rings. The van der Waals surface area contributed by atoms with Gasteiger partial charge in [-0.1, -0.05) is 6.92 Å². The van der Waals surface area contributed by atoms with E-state index in [0.29, 0.717) is 35.9 Å². The Balaban J connectivity index is 1.87. The molecule has 1 atom stereocenters. The lowest BCUT2D eigenvalue weighted by atomic mass is 9.99. The predicted octanol–water partition coefficient (Wildman–Crippen LogP) is 2.39. The third kappa shape index (κ3) is 3.99. The van der Waals surface area contributed by atoms with Gasteiger partial charge in [-0.05, 0) is 26.0 Å². The van der Waals surface area contributed by atoms with Crippen LogP contribution in [0.3, 0.4) is 0 Å². The summed E-state index contributed by atoms with van der Waals surface area (Å²) in [7, 11) is 1.79. The first-order chi connectivity index (χ1) is 12.3. The van der Waals surface area contributed by atoms with Crippen LogP contribution in [0.15, 0.2) is 24.4 Å². The zero-order chi connectivity index (χ0) is 18.9. The number of hydrogen-bond acceptors (Lipinski definition) is 5. The number of fused-ring (bicyclic) bond motifs is 1. The van der Waals surface area contributed by atoms with Crippen molar-refractivity contribution in [3.8, 4) is 11.5 Å². The van der Waals surface area contributed by atoms with E-state index in [9.17, 15) is 9.90 Å². The van der Waals surface area contributed by atoms with Gasteiger partial charge in [-0.3, -0.25) is 9.48 Å². The number of rotatable bonds is 6. The fourth-order valence-corrected chi connectivity index (χ4v) is 2.86. The highest BCUT2D eigenvalue weighted by atomic mass is 16.5. The normalized spacial score (nSPS) is 15.9. The molecule has 7 nitrogen and oxygen atoms in total. The number of amides is 1. The highest BCUT2D eigenvalue weighted by Crippen LogP contribution is 2.41. The summed E-state index contributed by atoms with van der Waals surface area (Å²) in [5.74, 6) is 1.50. The molecule has 3 rings (SSSR count). The number of aryl methyl sites for hydroxylation is 1. The number of benzene rings is 1. The number of aliphatic hydroxyl groups excluding tert-OH is 1. The van der Waals surface area contributed by atoms with Crippen LogP contribution in [0, 0.1) is 5.92 Å². The van der Waals surface area contributed by atoms with Crippen LogP contribution in [0.25, 0.3) is 0 Å². The maximum absolute atomic E-state index is 12.6. The summed E-state index contributed by atoms with van der Waals surface area (Å²) >= 11 is 0. The van der Waals surface area contributed by atoms with Crippen LogP contribution in [0.4, 0.5) is 5.82 Å². The van der Waals surface area contributed by atoms with Gasteiger partial charge in [0.25, 0.3) is 5.91 Å². The average molecular weight is 359 g/mol. The second-order valence-corrected chi connectivity index (χ2v) is 7.42. The third-order valence-electron chi connectivity index (χ3n) is 4.21. The molecule has 1 aromatic carbocycles. The lowest BCUT2D eigenvalue weighted by Crippen LogP contribution is -2.24. The van der Waals surface area contributed by atoms with Crippen molar-refractivity contribution in [2.75, 3.05) is 18.5 Å². The number of carbonyl (C=O) groups excluding carboxylic acids is 1. The number of anilines is 1. The fraction of sp³-hybridized carbons (Fsp3) is 0.474. The molecule has 0 radical (unpaired) electrons. The maximum Gasteiger partial charge on any atom is 0.257 e. The van der Waals surface area contributed by atoms with Crippen LogP contribution in [-0.2, 0) is 13.5 Å². The SMILES string of the molecule is C[C@@H](CO)COc1cc(C(=O)Nc2ccn(C)n2)cc2c1CC(C)(C)O2. The Morgan fingerprint density at radius 1 is 1.50 bits per heavy atom. The van der Waals surface area contributed by atoms with E-state index in [1.54, 1.807) is 36.1 Å². The van der Waals surface area contributed by atoms with E-state index in [-0.39, 0.29) is 24.0 Å². The number of aromatic nitrogens is 2. The Kier molecular flexibility index (Phi) is 4.91. The van der Waals surface area contributed by atoms with Crippen molar-refractivity contribution < 1.29 is 19.4 Å². The van der Waals surface area contributed by atoms with Gasteiger partial charge in [-0.15, -0.1) is 0 Å². The number of ether oxygens (including phenoxy) is 2. The molecule has 1 aromatic heterocycles. The first-order valence-corrected chi connectivity index (χ1v) is 8.68. The molecule has 0 fully saturated rings. The lowest BCUT2D eigenvalue weighted by Gasteiger charge is -2.16. The Labute approximate surface area is 152 Å². The van der Waals surface area contributed by atoms with Crippen molar-refractivity contribution in [1.82, 2.24) is 9.78 Å². The molecular weight excluding hydrogens is 334 g/mol. The molecule has 26 heavy (non-hydrogen) atoms. The van der Waals surface area contributed by atoms with Gasteiger partial charge < -0.3 is 19.9 Å². The monoisotopic (exact) mass is 359 g/mol. The number of nitrogens with one attached hydrogen (secondary N) is 1. The van der Waals surface area contributed by atoms with Gasteiger partial charge in [0.2, 0.25) is 0 Å². The van der Waals surface area contributed by atoms with Gasteiger partial charge >= 0.3 is 0 Å². The second kappa shape index (κ2) is 6.99. The first kappa shape index (κ1) is 18.3. The molecule has 0 aliphatic carbocycles. The molecule has 0 saturated carbocycles. The van der Waals surface area contributed by atoms with Crippen molar-refractivity contribution in [3.05, 3.63) is 35.5 Å². The lowest BCUT2D eigenvalue weighted by molar-refractivity contribution is 0.102. The van der Waals surface area contributed by atoms with E-state index in [2.05, 4.69) is 10.4 Å². The summed E-state index contributed by atoms with van der Waals surface area (Å²) in [6.45, 7) is 6.32. The average Bonchev–Trinajstić information content (AvgIpc) is 3.12. The van der Waals surface area contributed by atoms with E-state index in [1.807, 2.05) is 20.8 Å². The minimum absolute atomic E-state index is 0.00647. The van der Waals surface area contributed by atoms with E-state index in [4.69, 9.17) is 9.47 Å². The van der Waals surface area contributed by atoms with E-state index >= 15 is 0 Å². The Morgan fingerprint density at radius 3 is 2.92 bits per heavy atom. The summed E-state index contributed by atoms with van der Waals surface area (Å²) in [6.07, 6.45) is 2.46. The van der Waals surface area contributed by atoms with E-state index < -0.39 is 0 Å². The fourth-order valence-electron chi connectivity index (χ4n) is 2.86. The predicted molar refractivity (Wildman–Crippen MR) is 97.8 cm³/mol. The van der Waals surface area contributed by atoms with Crippen LogP contribution >= 0.6 is 0 Å².